The van der Waals surface area contributed by atoms with Gasteiger partial charge in [0.1, 0.15) is 5.82 Å². The minimum atomic E-state index is -0.148. The topological polar surface area (TPSA) is 12.0 Å². The lowest BCUT2D eigenvalue weighted by atomic mass is 10.2. The molecule has 16 heavy (non-hydrogen) atoms. The van der Waals surface area contributed by atoms with Crippen LogP contribution in [0.1, 0.15) is 18.9 Å². The van der Waals surface area contributed by atoms with Gasteiger partial charge in [0.05, 0.1) is 0 Å². The highest BCUT2D eigenvalue weighted by Gasteiger charge is 2.01. The Labute approximate surface area is 109 Å². The first kappa shape index (κ1) is 14.0. The van der Waals surface area contributed by atoms with Gasteiger partial charge in [-0.05, 0) is 36.6 Å². The normalized spacial score (nSPS) is 10.7. The van der Waals surface area contributed by atoms with Crippen LogP contribution in [0.5, 0.6) is 0 Å². The van der Waals surface area contributed by atoms with Crippen molar-refractivity contribution in [3.63, 3.8) is 0 Å². The molecule has 0 atom stereocenters. The average Bonchev–Trinajstić information content (AvgIpc) is 2.26. The first-order chi connectivity index (χ1) is 7.74. The molecule has 1 aromatic rings. The molecule has 1 rings (SSSR count). The Kier molecular flexibility index (Phi) is 7.08. The molecule has 0 aliphatic rings. The summed E-state index contributed by atoms with van der Waals surface area (Å²) in [6, 6.07) is 5.18. The van der Waals surface area contributed by atoms with E-state index in [1.165, 1.54) is 17.6 Å². The monoisotopic (exact) mass is 305 g/mol. The van der Waals surface area contributed by atoms with Gasteiger partial charge in [0, 0.05) is 16.6 Å². The molecule has 0 unspecified atom stereocenters. The molecule has 0 fully saturated rings. The Hall–Kier alpha value is -0.0600. The van der Waals surface area contributed by atoms with Gasteiger partial charge in [0.15, 0.2) is 0 Å². The van der Waals surface area contributed by atoms with Gasteiger partial charge in [-0.2, -0.15) is 11.8 Å². The Morgan fingerprint density at radius 1 is 1.44 bits per heavy atom. The van der Waals surface area contributed by atoms with Crippen LogP contribution in [0.25, 0.3) is 0 Å². The van der Waals surface area contributed by atoms with Crippen LogP contribution < -0.4 is 5.32 Å². The number of thioether (sulfide) groups is 1. The standard InChI is InChI=1S/C12H17BrFNS/c1-2-16-7-3-6-15-9-10-4-5-11(13)8-12(10)14/h4-5,8,15H,2-3,6-7,9H2,1H3. The fourth-order valence-corrected chi connectivity index (χ4v) is 2.30. The predicted molar refractivity (Wildman–Crippen MR) is 73.4 cm³/mol. The van der Waals surface area contributed by atoms with Crippen molar-refractivity contribution >= 4 is 27.7 Å². The molecule has 0 bridgehead atoms. The summed E-state index contributed by atoms with van der Waals surface area (Å²) in [6.45, 7) is 3.72. The van der Waals surface area contributed by atoms with Crippen molar-refractivity contribution in [2.45, 2.75) is 19.9 Å². The molecule has 0 aliphatic carbocycles. The van der Waals surface area contributed by atoms with Crippen molar-refractivity contribution in [3.05, 3.63) is 34.1 Å². The zero-order valence-corrected chi connectivity index (χ0v) is 11.8. The summed E-state index contributed by atoms with van der Waals surface area (Å²) in [5.74, 6) is 2.19. The van der Waals surface area contributed by atoms with Crippen LogP contribution >= 0.6 is 27.7 Å². The summed E-state index contributed by atoms with van der Waals surface area (Å²) in [7, 11) is 0. The summed E-state index contributed by atoms with van der Waals surface area (Å²) in [5, 5.41) is 3.25. The van der Waals surface area contributed by atoms with E-state index >= 15 is 0 Å². The lowest BCUT2D eigenvalue weighted by molar-refractivity contribution is 0.586. The smallest absolute Gasteiger partial charge is 0.128 e. The number of rotatable bonds is 7. The van der Waals surface area contributed by atoms with E-state index in [0.717, 1.165) is 23.0 Å². The maximum Gasteiger partial charge on any atom is 0.128 e. The van der Waals surface area contributed by atoms with Crippen LogP contribution in [0.15, 0.2) is 22.7 Å². The van der Waals surface area contributed by atoms with Crippen LogP contribution in [0.4, 0.5) is 4.39 Å². The van der Waals surface area contributed by atoms with Gasteiger partial charge < -0.3 is 5.32 Å². The zero-order chi connectivity index (χ0) is 11.8. The number of benzene rings is 1. The highest BCUT2D eigenvalue weighted by atomic mass is 79.9. The van der Waals surface area contributed by atoms with Gasteiger partial charge >= 0.3 is 0 Å². The van der Waals surface area contributed by atoms with Crippen LogP contribution in [-0.4, -0.2) is 18.1 Å². The molecule has 0 aromatic heterocycles. The van der Waals surface area contributed by atoms with Crippen LogP contribution in [0, 0.1) is 5.82 Å². The van der Waals surface area contributed by atoms with Crippen molar-refractivity contribution in [1.82, 2.24) is 5.32 Å². The molecule has 1 nitrogen and oxygen atoms in total. The number of hydrogen-bond acceptors (Lipinski definition) is 2. The highest BCUT2D eigenvalue weighted by Crippen LogP contribution is 2.14. The van der Waals surface area contributed by atoms with Crippen molar-refractivity contribution in [2.75, 3.05) is 18.1 Å². The number of halogens is 2. The molecular formula is C12H17BrFNS. The minimum absolute atomic E-state index is 0.148. The molecule has 0 amide bonds. The Morgan fingerprint density at radius 2 is 2.25 bits per heavy atom. The lowest BCUT2D eigenvalue weighted by Crippen LogP contribution is -2.16. The second-order valence-corrected chi connectivity index (χ2v) is 5.77. The van der Waals surface area contributed by atoms with Gasteiger partial charge in [-0.3, -0.25) is 0 Å². The summed E-state index contributed by atoms with van der Waals surface area (Å²) >= 11 is 5.18. The van der Waals surface area contributed by atoms with E-state index in [1.54, 1.807) is 0 Å². The second kappa shape index (κ2) is 8.09. The summed E-state index contributed by atoms with van der Waals surface area (Å²) in [4.78, 5) is 0. The third-order valence-corrected chi connectivity index (χ3v) is 3.66. The molecule has 1 N–H and O–H groups in total. The van der Waals surface area contributed by atoms with E-state index in [1.807, 2.05) is 23.9 Å². The fourth-order valence-electron chi connectivity index (χ4n) is 1.33. The summed E-state index contributed by atoms with van der Waals surface area (Å²) < 4.78 is 14.2. The fraction of sp³-hybridized carbons (Fsp3) is 0.500. The van der Waals surface area contributed by atoms with E-state index in [2.05, 4.69) is 28.2 Å². The van der Waals surface area contributed by atoms with Crippen LogP contribution in [-0.2, 0) is 6.54 Å². The average molecular weight is 306 g/mol. The Balaban J connectivity index is 2.21. The maximum absolute atomic E-state index is 13.4. The molecule has 0 spiro atoms. The third kappa shape index (κ3) is 5.32. The molecule has 0 radical (unpaired) electrons. The van der Waals surface area contributed by atoms with Gasteiger partial charge in [0.25, 0.3) is 0 Å². The van der Waals surface area contributed by atoms with E-state index < -0.39 is 0 Å². The summed E-state index contributed by atoms with van der Waals surface area (Å²) in [5.41, 5.74) is 0.728. The zero-order valence-electron chi connectivity index (χ0n) is 9.43. The molecule has 0 saturated heterocycles. The van der Waals surface area contributed by atoms with E-state index in [9.17, 15) is 4.39 Å². The number of hydrogen-bond donors (Lipinski definition) is 1. The van der Waals surface area contributed by atoms with E-state index in [4.69, 9.17) is 0 Å². The second-order valence-electron chi connectivity index (χ2n) is 3.46. The Morgan fingerprint density at radius 3 is 2.94 bits per heavy atom. The first-order valence-electron chi connectivity index (χ1n) is 5.46. The minimum Gasteiger partial charge on any atom is -0.313 e. The molecule has 0 saturated carbocycles. The third-order valence-electron chi connectivity index (χ3n) is 2.18. The molecule has 1 aromatic carbocycles. The SMILES string of the molecule is CCSCCCNCc1ccc(Br)cc1F. The first-order valence-corrected chi connectivity index (χ1v) is 7.41. The van der Waals surface area contributed by atoms with Crippen LogP contribution in [0.3, 0.4) is 0 Å². The number of nitrogens with one attached hydrogen (secondary N) is 1. The molecular weight excluding hydrogens is 289 g/mol. The summed E-state index contributed by atoms with van der Waals surface area (Å²) in [6.07, 6.45) is 1.14. The van der Waals surface area contributed by atoms with Crippen molar-refractivity contribution in [1.29, 1.82) is 0 Å². The molecule has 0 heterocycles. The van der Waals surface area contributed by atoms with Crippen molar-refractivity contribution in [2.24, 2.45) is 0 Å². The highest BCUT2D eigenvalue weighted by molar-refractivity contribution is 9.10. The van der Waals surface area contributed by atoms with E-state index in [-0.39, 0.29) is 5.82 Å². The molecule has 90 valence electrons. The Bertz CT molecular complexity index is 320. The molecule has 4 heteroatoms. The maximum atomic E-state index is 13.4. The largest absolute Gasteiger partial charge is 0.313 e. The van der Waals surface area contributed by atoms with Gasteiger partial charge in [-0.1, -0.05) is 28.9 Å². The quantitative estimate of drug-likeness (QED) is 0.769. The van der Waals surface area contributed by atoms with Crippen LogP contribution in [0.2, 0.25) is 0 Å². The van der Waals surface area contributed by atoms with Crippen molar-refractivity contribution in [3.8, 4) is 0 Å². The predicted octanol–water partition coefficient (Wildman–Crippen LogP) is 3.82. The molecule has 0 aliphatic heterocycles. The van der Waals surface area contributed by atoms with Gasteiger partial charge in [0.2, 0.25) is 0 Å². The van der Waals surface area contributed by atoms with Crippen molar-refractivity contribution < 1.29 is 4.39 Å². The van der Waals surface area contributed by atoms with Gasteiger partial charge in [-0.15, -0.1) is 0 Å². The van der Waals surface area contributed by atoms with E-state index in [0.29, 0.717) is 6.54 Å². The van der Waals surface area contributed by atoms with Gasteiger partial charge in [-0.25, -0.2) is 4.39 Å². The lowest BCUT2D eigenvalue weighted by Gasteiger charge is -2.06.